The first-order valence-electron chi connectivity index (χ1n) is 3.51. The summed E-state index contributed by atoms with van der Waals surface area (Å²) in [4.78, 5) is 10.5. The van der Waals surface area contributed by atoms with Crippen LogP contribution >= 0.6 is 0 Å². The molecule has 1 aliphatic rings. The Kier molecular flexibility index (Phi) is 2.43. The Labute approximate surface area is 64.4 Å². The molecule has 0 saturated carbocycles. The number of β-amino-alcohol motifs (C(OH)–C–C–N with tert-alkyl or cyclic N) is 1. The fraction of sp³-hybridized carbons (Fsp3) is 0.833. The summed E-state index contributed by atoms with van der Waals surface area (Å²) >= 11 is 0. The molecule has 5 heteroatoms. The van der Waals surface area contributed by atoms with Gasteiger partial charge in [-0.25, -0.2) is 0 Å². The van der Waals surface area contributed by atoms with Gasteiger partial charge >= 0.3 is 5.97 Å². The van der Waals surface area contributed by atoms with Gasteiger partial charge in [-0.3, -0.25) is 15.4 Å². The van der Waals surface area contributed by atoms with E-state index < -0.39 is 18.1 Å². The number of aliphatic hydroxyl groups excluding tert-OH is 1. The number of carboxylic acid groups (broad SMARTS) is 1. The van der Waals surface area contributed by atoms with Crippen LogP contribution in [0.5, 0.6) is 0 Å². The van der Waals surface area contributed by atoms with Crippen molar-refractivity contribution in [3.05, 3.63) is 0 Å². The van der Waals surface area contributed by atoms with Gasteiger partial charge in [0.25, 0.3) is 0 Å². The summed E-state index contributed by atoms with van der Waals surface area (Å²) in [5, 5.41) is 23.3. The van der Waals surface area contributed by atoms with Crippen LogP contribution in [0.1, 0.15) is 6.92 Å². The summed E-state index contributed by atoms with van der Waals surface area (Å²) in [6.07, 6.45) is -0.900. The maximum Gasteiger partial charge on any atom is 0.323 e. The van der Waals surface area contributed by atoms with E-state index in [1.807, 2.05) is 6.92 Å². The van der Waals surface area contributed by atoms with Crippen LogP contribution in [0.3, 0.4) is 0 Å². The molecule has 0 aliphatic carbocycles. The van der Waals surface area contributed by atoms with Gasteiger partial charge in [0.05, 0.1) is 12.3 Å². The maximum atomic E-state index is 10.5. The van der Waals surface area contributed by atoms with Crippen LogP contribution in [-0.4, -0.2) is 41.0 Å². The molecular formula is C6H12N2O3. The first-order valence-corrected chi connectivity index (χ1v) is 3.51. The van der Waals surface area contributed by atoms with Crippen molar-refractivity contribution in [3.8, 4) is 0 Å². The van der Waals surface area contributed by atoms with E-state index in [1.165, 1.54) is 0 Å². The molecule has 0 aromatic heterocycles. The molecule has 0 aromatic rings. The number of hydrogen-bond acceptors (Lipinski definition) is 4. The minimum Gasteiger partial charge on any atom is -0.480 e. The van der Waals surface area contributed by atoms with Gasteiger partial charge in [0, 0.05) is 6.54 Å². The van der Waals surface area contributed by atoms with Crippen molar-refractivity contribution in [2.45, 2.75) is 25.2 Å². The largest absolute Gasteiger partial charge is 0.480 e. The number of carbonyl (C=O) groups is 1. The van der Waals surface area contributed by atoms with Gasteiger partial charge in [-0.15, -0.1) is 0 Å². The van der Waals surface area contributed by atoms with E-state index >= 15 is 0 Å². The fourth-order valence-electron chi connectivity index (χ4n) is 1.09. The Morgan fingerprint density at radius 3 is 2.73 bits per heavy atom. The summed E-state index contributed by atoms with van der Waals surface area (Å²) in [5.41, 5.74) is 0. The standard InChI is InChI=1S/C6H12N2O3/c1-3-7-2-4(9)5(8-3)6(10)11/h3-5,7-9H,2H2,1H3,(H,10,11)/t3?,4-,5+/m0/s1. The minimum absolute atomic E-state index is 0.0560. The Bertz CT molecular complexity index is 162. The molecule has 0 aromatic carbocycles. The third-order valence-corrected chi connectivity index (χ3v) is 1.71. The molecule has 1 saturated heterocycles. The topological polar surface area (TPSA) is 81.6 Å². The van der Waals surface area contributed by atoms with Gasteiger partial charge in [0.1, 0.15) is 6.04 Å². The van der Waals surface area contributed by atoms with Crippen LogP contribution in [-0.2, 0) is 4.79 Å². The molecule has 1 heterocycles. The summed E-state index contributed by atoms with van der Waals surface area (Å²) in [5.74, 6) is -1.01. The summed E-state index contributed by atoms with van der Waals surface area (Å²) in [7, 11) is 0. The second kappa shape index (κ2) is 3.17. The van der Waals surface area contributed by atoms with E-state index in [9.17, 15) is 4.79 Å². The van der Waals surface area contributed by atoms with Crippen LogP contribution < -0.4 is 10.6 Å². The van der Waals surface area contributed by atoms with Crippen LogP contribution in [0.2, 0.25) is 0 Å². The van der Waals surface area contributed by atoms with Crippen molar-refractivity contribution in [1.82, 2.24) is 10.6 Å². The van der Waals surface area contributed by atoms with Crippen LogP contribution in [0, 0.1) is 0 Å². The smallest absolute Gasteiger partial charge is 0.323 e. The van der Waals surface area contributed by atoms with Crippen LogP contribution in [0.4, 0.5) is 0 Å². The first-order chi connectivity index (χ1) is 5.11. The molecule has 1 rings (SSSR count). The van der Waals surface area contributed by atoms with E-state index in [0.717, 1.165) is 0 Å². The van der Waals surface area contributed by atoms with Gasteiger partial charge in [-0.1, -0.05) is 0 Å². The van der Waals surface area contributed by atoms with Crippen molar-refractivity contribution in [3.63, 3.8) is 0 Å². The van der Waals surface area contributed by atoms with Crippen molar-refractivity contribution >= 4 is 5.97 Å². The molecule has 1 unspecified atom stereocenters. The number of hydrogen-bond donors (Lipinski definition) is 4. The molecule has 64 valence electrons. The third-order valence-electron chi connectivity index (χ3n) is 1.71. The Balaban J connectivity index is 2.54. The van der Waals surface area contributed by atoms with Crippen molar-refractivity contribution in [2.24, 2.45) is 0 Å². The molecule has 11 heavy (non-hydrogen) atoms. The van der Waals surface area contributed by atoms with E-state index in [0.29, 0.717) is 6.54 Å². The number of nitrogens with one attached hydrogen (secondary N) is 2. The lowest BCUT2D eigenvalue weighted by molar-refractivity contribution is -0.143. The van der Waals surface area contributed by atoms with Crippen molar-refractivity contribution in [1.29, 1.82) is 0 Å². The zero-order valence-corrected chi connectivity index (χ0v) is 6.24. The average molecular weight is 160 g/mol. The molecule has 5 nitrogen and oxygen atoms in total. The predicted octanol–water partition coefficient (Wildman–Crippen LogP) is -1.66. The quantitative estimate of drug-likeness (QED) is 0.369. The van der Waals surface area contributed by atoms with Gasteiger partial charge in [0.2, 0.25) is 0 Å². The lowest BCUT2D eigenvalue weighted by Gasteiger charge is -2.31. The SMILES string of the molecule is CC1NC[C@H](O)[C@H](C(=O)O)N1. The monoisotopic (exact) mass is 160 g/mol. The highest BCUT2D eigenvalue weighted by atomic mass is 16.4. The van der Waals surface area contributed by atoms with E-state index in [4.69, 9.17) is 10.2 Å². The van der Waals surface area contributed by atoms with E-state index in [-0.39, 0.29) is 6.17 Å². The maximum absolute atomic E-state index is 10.5. The molecule has 0 bridgehead atoms. The van der Waals surface area contributed by atoms with E-state index in [1.54, 1.807) is 0 Å². The van der Waals surface area contributed by atoms with Gasteiger partial charge in [-0.05, 0) is 6.92 Å². The van der Waals surface area contributed by atoms with Gasteiger partial charge in [-0.2, -0.15) is 0 Å². The van der Waals surface area contributed by atoms with E-state index in [2.05, 4.69) is 10.6 Å². The molecule has 0 amide bonds. The number of aliphatic hydroxyl groups is 1. The Morgan fingerprint density at radius 1 is 1.64 bits per heavy atom. The molecule has 4 N–H and O–H groups in total. The van der Waals surface area contributed by atoms with Gasteiger partial charge < -0.3 is 10.2 Å². The highest BCUT2D eigenvalue weighted by Crippen LogP contribution is 1.99. The molecule has 3 atom stereocenters. The Morgan fingerprint density at radius 2 is 2.27 bits per heavy atom. The minimum atomic E-state index is -1.01. The van der Waals surface area contributed by atoms with Crippen molar-refractivity contribution in [2.75, 3.05) is 6.54 Å². The van der Waals surface area contributed by atoms with Crippen LogP contribution in [0.15, 0.2) is 0 Å². The highest BCUT2D eigenvalue weighted by Gasteiger charge is 2.31. The lowest BCUT2D eigenvalue weighted by atomic mass is 10.1. The average Bonchev–Trinajstić information content (AvgIpc) is 1.94. The zero-order chi connectivity index (χ0) is 8.43. The zero-order valence-electron chi connectivity index (χ0n) is 6.24. The fourth-order valence-corrected chi connectivity index (χ4v) is 1.09. The third kappa shape index (κ3) is 1.89. The molecule has 1 aliphatic heterocycles. The summed E-state index contributed by atoms with van der Waals surface area (Å²) in [6.45, 7) is 2.13. The number of carboxylic acids is 1. The van der Waals surface area contributed by atoms with Gasteiger partial charge in [0.15, 0.2) is 0 Å². The number of aliphatic carboxylic acids is 1. The first kappa shape index (κ1) is 8.45. The normalized spacial score (nSPS) is 38.5. The summed E-state index contributed by atoms with van der Waals surface area (Å²) < 4.78 is 0. The van der Waals surface area contributed by atoms with Crippen molar-refractivity contribution < 1.29 is 15.0 Å². The van der Waals surface area contributed by atoms with Crippen LogP contribution in [0.25, 0.3) is 0 Å². The highest BCUT2D eigenvalue weighted by molar-refractivity contribution is 5.74. The molecule has 0 radical (unpaired) electrons. The summed E-state index contributed by atoms with van der Waals surface area (Å²) in [6, 6.07) is -0.841. The molecule has 1 fully saturated rings. The number of rotatable bonds is 1. The molecule has 0 spiro atoms. The second-order valence-corrected chi connectivity index (χ2v) is 2.68. The lowest BCUT2D eigenvalue weighted by Crippen LogP contribution is -2.62. The Hall–Kier alpha value is -0.650. The second-order valence-electron chi connectivity index (χ2n) is 2.68. The predicted molar refractivity (Wildman–Crippen MR) is 38.0 cm³/mol. The molecular weight excluding hydrogens is 148 g/mol.